The van der Waals surface area contributed by atoms with Crippen LogP contribution >= 0.6 is 0 Å². The van der Waals surface area contributed by atoms with Gasteiger partial charge in [0.15, 0.2) is 0 Å². The largest absolute Gasteiger partial charge is 0.416 e. The topological polar surface area (TPSA) is 54.7 Å². The smallest absolute Gasteiger partial charge is 0.346 e. The summed E-state index contributed by atoms with van der Waals surface area (Å²) in [6.07, 6.45) is -3.78. The summed E-state index contributed by atoms with van der Waals surface area (Å²) in [5, 5.41) is 0. The zero-order valence-electron chi connectivity index (χ0n) is 10.4. The van der Waals surface area contributed by atoms with Gasteiger partial charge in [-0.25, -0.2) is 4.98 Å². The molecule has 0 aliphatic heterocycles. The van der Waals surface area contributed by atoms with E-state index in [1.807, 2.05) is 0 Å². The lowest BCUT2D eigenvalue weighted by Crippen LogP contribution is -2.04. The second-order valence-electron chi connectivity index (χ2n) is 4.27. The molecule has 0 saturated carbocycles. The Morgan fingerprint density at radius 2 is 2.05 bits per heavy atom. The molecule has 0 spiro atoms. The number of aromatic nitrogens is 2. The Bertz CT molecular complexity index is 573. The van der Waals surface area contributed by atoms with E-state index in [9.17, 15) is 13.2 Å². The number of halogens is 3. The van der Waals surface area contributed by atoms with Gasteiger partial charge >= 0.3 is 6.18 Å². The Kier molecular flexibility index (Phi) is 3.61. The molecule has 3 nitrogen and oxygen atoms in total. The molecule has 0 bridgehead atoms. The van der Waals surface area contributed by atoms with Crippen LogP contribution in [-0.2, 0) is 12.6 Å². The number of aryl methyl sites for hydroxylation is 1. The lowest BCUT2D eigenvalue weighted by molar-refractivity contribution is -0.137. The molecular weight excluding hydrogens is 255 g/mol. The lowest BCUT2D eigenvalue weighted by atomic mass is 10.1. The second-order valence-corrected chi connectivity index (χ2v) is 4.27. The van der Waals surface area contributed by atoms with Crippen molar-refractivity contribution in [2.24, 2.45) is 5.73 Å². The van der Waals surface area contributed by atoms with Crippen molar-refractivity contribution in [1.82, 2.24) is 9.97 Å². The maximum atomic E-state index is 12.7. The maximum absolute atomic E-state index is 12.7. The molecule has 1 aromatic heterocycles. The summed E-state index contributed by atoms with van der Waals surface area (Å²) in [5.41, 5.74) is 6.48. The third-order valence-electron chi connectivity index (χ3n) is 2.78. The standard InChI is InChI=1S/C13H14F3N3/c1-8-12(19-11(18-8)5-6-17)9-3-2-4-10(7-9)13(14,15)16/h2-4,7H,5-6,17H2,1H3,(H,18,19). The summed E-state index contributed by atoms with van der Waals surface area (Å²) < 4.78 is 38.0. The number of nitrogens with two attached hydrogens (primary N) is 1. The normalized spacial score (nSPS) is 11.8. The fraction of sp³-hybridized carbons (Fsp3) is 0.308. The summed E-state index contributed by atoms with van der Waals surface area (Å²) in [5.74, 6) is 0.687. The highest BCUT2D eigenvalue weighted by Gasteiger charge is 2.30. The van der Waals surface area contributed by atoms with Gasteiger partial charge in [0.05, 0.1) is 11.3 Å². The van der Waals surface area contributed by atoms with Crippen LogP contribution in [0.1, 0.15) is 17.1 Å². The Hall–Kier alpha value is -1.82. The van der Waals surface area contributed by atoms with Crippen LogP contribution < -0.4 is 5.73 Å². The highest BCUT2D eigenvalue weighted by atomic mass is 19.4. The molecule has 19 heavy (non-hydrogen) atoms. The monoisotopic (exact) mass is 269 g/mol. The van der Waals surface area contributed by atoms with Gasteiger partial charge in [0.25, 0.3) is 0 Å². The average Bonchev–Trinajstić information content (AvgIpc) is 2.70. The number of nitrogens with one attached hydrogen (secondary N) is 1. The third-order valence-corrected chi connectivity index (χ3v) is 2.78. The van der Waals surface area contributed by atoms with E-state index in [-0.39, 0.29) is 0 Å². The summed E-state index contributed by atoms with van der Waals surface area (Å²) in [6.45, 7) is 2.22. The molecule has 0 unspecified atom stereocenters. The van der Waals surface area contributed by atoms with E-state index in [0.717, 1.165) is 17.8 Å². The molecule has 3 N–H and O–H groups in total. The first kappa shape index (κ1) is 13.6. The van der Waals surface area contributed by atoms with E-state index < -0.39 is 11.7 Å². The molecule has 102 valence electrons. The summed E-state index contributed by atoms with van der Waals surface area (Å²) in [7, 11) is 0. The predicted octanol–water partition coefficient (Wildman–Crippen LogP) is 2.91. The second kappa shape index (κ2) is 5.05. The molecule has 2 aromatic rings. The average molecular weight is 269 g/mol. The van der Waals surface area contributed by atoms with Crippen molar-refractivity contribution in [1.29, 1.82) is 0 Å². The number of hydrogen-bond acceptors (Lipinski definition) is 2. The Labute approximate surface area is 108 Å². The van der Waals surface area contributed by atoms with Crippen LogP contribution in [-0.4, -0.2) is 16.5 Å². The molecule has 0 amide bonds. The van der Waals surface area contributed by atoms with Gasteiger partial charge in [-0.3, -0.25) is 0 Å². The van der Waals surface area contributed by atoms with Gasteiger partial charge in [-0.05, 0) is 25.6 Å². The first-order valence-electron chi connectivity index (χ1n) is 5.85. The highest BCUT2D eigenvalue weighted by Crippen LogP contribution is 2.32. The molecule has 1 heterocycles. The van der Waals surface area contributed by atoms with E-state index in [2.05, 4.69) is 9.97 Å². The fourth-order valence-electron chi connectivity index (χ4n) is 1.90. The number of benzene rings is 1. The minimum atomic E-state index is -4.35. The van der Waals surface area contributed by atoms with E-state index in [1.165, 1.54) is 6.07 Å². The van der Waals surface area contributed by atoms with Gasteiger partial charge in [-0.15, -0.1) is 0 Å². The van der Waals surface area contributed by atoms with Crippen LogP contribution in [0.5, 0.6) is 0 Å². The van der Waals surface area contributed by atoms with Gasteiger partial charge in [-0.1, -0.05) is 12.1 Å². The number of imidazole rings is 1. The van der Waals surface area contributed by atoms with E-state index >= 15 is 0 Å². The van der Waals surface area contributed by atoms with Crippen molar-refractivity contribution in [2.75, 3.05) is 6.54 Å². The van der Waals surface area contributed by atoms with Crippen molar-refractivity contribution < 1.29 is 13.2 Å². The zero-order valence-corrected chi connectivity index (χ0v) is 10.4. The maximum Gasteiger partial charge on any atom is 0.416 e. The van der Waals surface area contributed by atoms with E-state index in [4.69, 9.17) is 5.73 Å². The number of aromatic amines is 1. The Morgan fingerprint density at radius 3 is 2.68 bits per heavy atom. The van der Waals surface area contributed by atoms with Crippen LogP contribution in [0, 0.1) is 6.92 Å². The number of nitrogens with zero attached hydrogens (tertiary/aromatic N) is 1. The molecular formula is C13H14F3N3. The van der Waals surface area contributed by atoms with Crippen LogP contribution in [0.25, 0.3) is 11.3 Å². The Balaban J connectivity index is 2.42. The van der Waals surface area contributed by atoms with Gasteiger partial charge in [-0.2, -0.15) is 13.2 Å². The molecule has 0 aliphatic rings. The SMILES string of the molecule is Cc1[nH]c(CCN)nc1-c1cccc(C(F)(F)F)c1. The van der Waals surface area contributed by atoms with Gasteiger partial charge < -0.3 is 10.7 Å². The minimum Gasteiger partial charge on any atom is -0.346 e. The van der Waals surface area contributed by atoms with Crippen molar-refractivity contribution in [2.45, 2.75) is 19.5 Å². The number of H-pyrrole nitrogens is 1. The first-order valence-corrected chi connectivity index (χ1v) is 5.85. The van der Waals surface area contributed by atoms with Gasteiger partial charge in [0, 0.05) is 17.7 Å². The van der Waals surface area contributed by atoms with Crippen LogP contribution in [0.4, 0.5) is 13.2 Å². The molecule has 6 heteroatoms. The number of rotatable bonds is 3. The Morgan fingerprint density at radius 1 is 1.32 bits per heavy atom. The van der Waals surface area contributed by atoms with Crippen LogP contribution in [0.2, 0.25) is 0 Å². The number of hydrogen-bond donors (Lipinski definition) is 2. The molecule has 0 aliphatic carbocycles. The van der Waals surface area contributed by atoms with Gasteiger partial charge in [0.2, 0.25) is 0 Å². The summed E-state index contributed by atoms with van der Waals surface area (Å²) in [4.78, 5) is 7.32. The summed E-state index contributed by atoms with van der Waals surface area (Å²) >= 11 is 0. The third kappa shape index (κ3) is 2.96. The molecule has 0 atom stereocenters. The summed E-state index contributed by atoms with van der Waals surface area (Å²) in [6, 6.07) is 5.15. The molecule has 2 rings (SSSR count). The van der Waals surface area contributed by atoms with E-state index in [0.29, 0.717) is 30.0 Å². The molecule has 0 fully saturated rings. The van der Waals surface area contributed by atoms with Crippen molar-refractivity contribution in [3.05, 3.63) is 41.3 Å². The number of alkyl halides is 3. The lowest BCUT2D eigenvalue weighted by Gasteiger charge is -2.07. The van der Waals surface area contributed by atoms with Crippen LogP contribution in [0.3, 0.4) is 0 Å². The van der Waals surface area contributed by atoms with Crippen LogP contribution in [0.15, 0.2) is 24.3 Å². The first-order chi connectivity index (χ1) is 8.91. The van der Waals surface area contributed by atoms with Crippen molar-refractivity contribution in [3.8, 4) is 11.3 Å². The van der Waals surface area contributed by atoms with Crippen molar-refractivity contribution in [3.63, 3.8) is 0 Å². The molecule has 1 aromatic carbocycles. The quantitative estimate of drug-likeness (QED) is 0.900. The molecule has 0 radical (unpaired) electrons. The van der Waals surface area contributed by atoms with Gasteiger partial charge in [0.1, 0.15) is 5.82 Å². The highest BCUT2D eigenvalue weighted by molar-refractivity contribution is 5.63. The fourth-order valence-corrected chi connectivity index (χ4v) is 1.90. The van der Waals surface area contributed by atoms with E-state index in [1.54, 1.807) is 13.0 Å². The predicted molar refractivity (Wildman–Crippen MR) is 66.5 cm³/mol. The minimum absolute atomic E-state index is 0.439. The van der Waals surface area contributed by atoms with Crippen molar-refractivity contribution >= 4 is 0 Å². The zero-order chi connectivity index (χ0) is 14.0. The molecule has 0 saturated heterocycles.